The first-order valence-corrected chi connectivity index (χ1v) is 6.48. The van der Waals surface area contributed by atoms with E-state index in [2.05, 4.69) is 24.5 Å². The SMILES string of the molecule is CCC1C(C)C(C)C(C)C12C(=O)[N-]C(=O)NC2=O.[Na+]. The molecule has 100 valence electrons. The minimum absolute atomic E-state index is 0. The first kappa shape index (κ1) is 16.7. The molecule has 5 atom stereocenters. The third-order valence-corrected chi connectivity index (χ3v) is 5.15. The third kappa shape index (κ3) is 2.06. The van der Waals surface area contributed by atoms with E-state index in [1.807, 2.05) is 13.8 Å². The Labute approximate surface area is 135 Å². The second kappa shape index (κ2) is 5.54. The molecular weight excluding hydrogens is 255 g/mol. The van der Waals surface area contributed by atoms with Crippen molar-refractivity contribution in [2.45, 2.75) is 34.1 Å². The third-order valence-electron chi connectivity index (χ3n) is 5.15. The molecule has 4 amide bonds. The van der Waals surface area contributed by atoms with Crippen molar-refractivity contribution in [1.82, 2.24) is 5.32 Å². The fraction of sp³-hybridized carbons (Fsp3) is 0.769. The van der Waals surface area contributed by atoms with Gasteiger partial charge in [0.25, 0.3) is 0 Å². The number of imide groups is 2. The molecule has 5 nitrogen and oxygen atoms in total. The normalized spacial score (nSPS) is 41.8. The second-order valence-electron chi connectivity index (χ2n) is 5.57. The summed E-state index contributed by atoms with van der Waals surface area (Å²) in [4.78, 5) is 35.7. The van der Waals surface area contributed by atoms with Gasteiger partial charge in [-0.25, -0.2) is 0 Å². The van der Waals surface area contributed by atoms with Crippen molar-refractivity contribution < 1.29 is 43.9 Å². The van der Waals surface area contributed by atoms with Crippen LogP contribution in [-0.4, -0.2) is 17.8 Å². The van der Waals surface area contributed by atoms with E-state index in [0.29, 0.717) is 0 Å². The fourth-order valence-corrected chi connectivity index (χ4v) is 3.92. The first-order valence-electron chi connectivity index (χ1n) is 6.48. The van der Waals surface area contributed by atoms with Gasteiger partial charge in [-0.05, 0) is 23.7 Å². The van der Waals surface area contributed by atoms with Crippen LogP contribution >= 0.6 is 0 Å². The molecule has 0 aromatic heterocycles. The predicted molar refractivity (Wildman–Crippen MR) is 65.6 cm³/mol. The molecule has 1 saturated carbocycles. The van der Waals surface area contributed by atoms with Crippen LogP contribution in [0.4, 0.5) is 4.79 Å². The van der Waals surface area contributed by atoms with Crippen molar-refractivity contribution in [3.05, 3.63) is 5.32 Å². The van der Waals surface area contributed by atoms with Gasteiger partial charge >= 0.3 is 29.6 Å². The summed E-state index contributed by atoms with van der Waals surface area (Å²) in [6, 6.07) is -0.829. The van der Waals surface area contributed by atoms with E-state index in [1.165, 1.54) is 0 Å². The van der Waals surface area contributed by atoms with Crippen LogP contribution in [0.5, 0.6) is 0 Å². The van der Waals surface area contributed by atoms with Gasteiger partial charge < -0.3 is 10.6 Å². The predicted octanol–water partition coefficient (Wildman–Crippen LogP) is -0.925. The Morgan fingerprint density at radius 3 is 2.21 bits per heavy atom. The number of barbiturate groups is 1. The minimum atomic E-state index is -1.14. The number of carbonyl (C=O) groups is 3. The molecule has 0 aromatic rings. The molecule has 6 heteroatoms. The number of hydrogen-bond donors (Lipinski definition) is 1. The van der Waals surface area contributed by atoms with Crippen molar-refractivity contribution in [1.29, 1.82) is 0 Å². The quantitative estimate of drug-likeness (QED) is 0.496. The maximum atomic E-state index is 12.3. The van der Waals surface area contributed by atoms with E-state index in [0.717, 1.165) is 6.42 Å². The molecule has 1 aliphatic carbocycles. The van der Waals surface area contributed by atoms with Crippen molar-refractivity contribution in [2.75, 3.05) is 0 Å². The van der Waals surface area contributed by atoms with Crippen molar-refractivity contribution >= 4 is 17.8 Å². The van der Waals surface area contributed by atoms with Crippen LogP contribution in [0.3, 0.4) is 0 Å². The monoisotopic (exact) mass is 274 g/mol. The van der Waals surface area contributed by atoms with Gasteiger partial charge in [0.15, 0.2) is 17.8 Å². The van der Waals surface area contributed by atoms with Crippen LogP contribution in [-0.2, 0) is 9.59 Å². The molecule has 2 fully saturated rings. The van der Waals surface area contributed by atoms with Crippen LogP contribution in [0.1, 0.15) is 34.1 Å². The molecule has 0 bridgehead atoms. The Kier molecular flexibility index (Phi) is 4.86. The zero-order valence-corrected chi connectivity index (χ0v) is 14.2. The van der Waals surface area contributed by atoms with Crippen molar-refractivity contribution in [2.24, 2.45) is 29.1 Å². The molecule has 2 rings (SSSR count). The van der Waals surface area contributed by atoms with Crippen LogP contribution in [0.2, 0.25) is 0 Å². The molecular formula is C13H19N2NaO3. The van der Waals surface area contributed by atoms with E-state index < -0.39 is 23.3 Å². The number of hydrogen-bond acceptors (Lipinski definition) is 3. The van der Waals surface area contributed by atoms with Gasteiger partial charge in [0.1, 0.15) is 0 Å². The second-order valence-corrected chi connectivity index (χ2v) is 5.57. The molecule has 1 N–H and O–H groups in total. The van der Waals surface area contributed by atoms with Gasteiger partial charge in [-0.3, -0.25) is 14.4 Å². The zero-order valence-electron chi connectivity index (χ0n) is 12.2. The van der Waals surface area contributed by atoms with E-state index in [4.69, 9.17) is 0 Å². The van der Waals surface area contributed by atoms with E-state index in [9.17, 15) is 14.4 Å². The van der Waals surface area contributed by atoms with Crippen LogP contribution in [0, 0.1) is 29.1 Å². The summed E-state index contributed by atoms with van der Waals surface area (Å²) in [7, 11) is 0. The number of carbonyl (C=O) groups excluding carboxylic acids is 3. The molecule has 0 aromatic carbocycles. The van der Waals surface area contributed by atoms with E-state index in [-0.39, 0.29) is 53.2 Å². The summed E-state index contributed by atoms with van der Waals surface area (Å²) in [6.07, 6.45) is 0.735. The molecule has 1 saturated heterocycles. The average molecular weight is 274 g/mol. The van der Waals surface area contributed by atoms with Crippen molar-refractivity contribution in [3.8, 4) is 0 Å². The summed E-state index contributed by atoms with van der Waals surface area (Å²) < 4.78 is 0. The van der Waals surface area contributed by atoms with Crippen LogP contribution in [0.25, 0.3) is 5.32 Å². The Morgan fingerprint density at radius 1 is 1.16 bits per heavy atom. The largest absolute Gasteiger partial charge is 1.00 e. The Hall–Kier alpha value is -0.390. The van der Waals surface area contributed by atoms with Gasteiger partial charge in [0, 0.05) is 0 Å². The van der Waals surface area contributed by atoms with Crippen LogP contribution in [0.15, 0.2) is 0 Å². The van der Waals surface area contributed by atoms with Gasteiger partial charge in [-0.1, -0.05) is 34.1 Å². The molecule has 1 aliphatic heterocycles. The van der Waals surface area contributed by atoms with Gasteiger partial charge in [0.2, 0.25) is 0 Å². The van der Waals surface area contributed by atoms with Gasteiger partial charge in [-0.15, -0.1) is 0 Å². The summed E-state index contributed by atoms with van der Waals surface area (Å²) in [5.41, 5.74) is -1.14. The Bertz CT molecular complexity index is 404. The van der Waals surface area contributed by atoms with Crippen LogP contribution < -0.4 is 34.9 Å². The number of rotatable bonds is 1. The van der Waals surface area contributed by atoms with Gasteiger partial charge in [-0.2, -0.15) is 0 Å². The maximum absolute atomic E-state index is 12.3. The molecule has 1 heterocycles. The molecule has 2 aliphatic rings. The maximum Gasteiger partial charge on any atom is 1.00 e. The summed E-state index contributed by atoms with van der Waals surface area (Å²) in [5.74, 6) is -0.625. The molecule has 5 unspecified atom stereocenters. The number of amides is 4. The topological polar surface area (TPSA) is 77.3 Å². The molecule has 19 heavy (non-hydrogen) atoms. The number of nitrogens with zero attached hydrogens (tertiary/aromatic N) is 1. The number of urea groups is 1. The smallest absolute Gasteiger partial charge is 0.394 e. The van der Waals surface area contributed by atoms with Crippen molar-refractivity contribution in [3.63, 3.8) is 0 Å². The fourth-order valence-electron chi connectivity index (χ4n) is 3.92. The minimum Gasteiger partial charge on any atom is -0.394 e. The van der Waals surface area contributed by atoms with Gasteiger partial charge in [0.05, 0.1) is 5.41 Å². The average Bonchev–Trinajstić information content (AvgIpc) is 2.48. The van der Waals surface area contributed by atoms with E-state index in [1.54, 1.807) is 0 Å². The molecule has 1 spiro atoms. The number of nitrogens with one attached hydrogen (secondary N) is 1. The zero-order chi connectivity index (χ0) is 13.7. The Morgan fingerprint density at radius 2 is 1.74 bits per heavy atom. The first-order chi connectivity index (χ1) is 8.37. The standard InChI is InChI=1S/C13H20N2O3.Na/c1-5-9-7(3)6(2)8(4)13(9)10(16)14-12(18)15-11(13)17;/h6-9H,5H2,1-4H3,(H2,14,15,16,17,18);/q;+1/p-1. The molecule has 0 radical (unpaired) electrons. The Balaban J connectivity index is 0.00000180. The summed E-state index contributed by atoms with van der Waals surface area (Å²) >= 11 is 0. The summed E-state index contributed by atoms with van der Waals surface area (Å²) in [6.45, 7) is 8.02. The summed E-state index contributed by atoms with van der Waals surface area (Å²) in [5, 5.41) is 5.69. The van der Waals surface area contributed by atoms with E-state index >= 15 is 0 Å².